The molecule has 2 aromatic rings. The number of phenolic OH excluding ortho intramolecular Hbond substituents is 1. The molecule has 0 saturated heterocycles. The Morgan fingerprint density at radius 1 is 1.28 bits per heavy atom. The number of benzene rings is 1. The fourth-order valence-corrected chi connectivity index (χ4v) is 4.95. The summed E-state index contributed by atoms with van der Waals surface area (Å²) >= 11 is 0. The summed E-state index contributed by atoms with van der Waals surface area (Å²) in [4.78, 5) is 25.2. The molecule has 1 fully saturated rings. The fraction of sp³-hybridized carbons (Fsp3) is 0.520. The van der Waals surface area contributed by atoms with Crippen LogP contribution in [0.15, 0.2) is 33.0 Å². The van der Waals surface area contributed by atoms with Crippen LogP contribution in [0.3, 0.4) is 0 Å². The van der Waals surface area contributed by atoms with E-state index in [0.717, 1.165) is 31.7 Å². The van der Waals surface area contributed by atoms with Gasteiger partial charge in [-0.15, -0.1) is 0 Å². The molecule has 7 nitrogen and oxygen atoms in total. The van der Waals surface area contributed by atoms with Crippen LogP contribution in [-0.4, -0.2) is 27.9 Å². The van der Waals surface area contributed by atoms with Crippen LogP contribution in [0.5, 0.6) is 11.5 Å². The van der Waals surface area contributed by atoms with Crippen LogP contribution in [0.4, 0.5) is 0 Å². The van der Waals surface area contributed by atoms with Gasteiger partial charge in [0.25, 0.3) is 0 Å². The zero-order valence-electron chi connectivity index (χ0n) is 18.8. The van der Waals surface area contributed by atoms with E-state index in [1.54, 1.807) is 26.0 Å². The van der Waals surface area contributed by atoms with Gasteiger partial charge in [0, 0.05) is 35.6 Å². The number of aromatic hydroxyl groups is 1. The highest BCUT2D eigenvalue weighted by molar-refractivity contribution is 5.88. The van der Waals surface area contributed by atoms with E-state index < -0.39 is 29.7 Å². The minimum Gasteiger partial charge on any atom is -0.507 e. The first-order valence-electron chi connectivity index (χ1n) is 11.2. The minimum atomic E-state index is -0.786. The smallest absolute Gasteiger partial charge is 0.333 e. The fourth-order valence-electron chi connectivity index (χ4n) is 4.95. The number of carbonyl (C=O) groups is 1. The Morgan fingerprint density at radius 3 is 2.66 bits per heavy atom. The van der Waals surface area contributed by atoms with Crippen LogP contribution in [0.2, 0.25) is 0 Å². The quantitative estimate of drug-likeness (QED) is 0.541. The zero-order chi connectivity index (χ0) is 23.0. The molecule has 2 atom stereocenters. The lowest BCUT2D eigenvalue weighted by Crippen LogP contribution is -2.56. The molecule has 172 valence electrons. The van der Waals surface area contributed by atoms with Gasteiger partial charge in [0.2, 0.25) is 0 Å². The average molecular weight is 443 g/mol. The van der Waals surface area contributed by atoms with Gasteiger partial charge < -0.3 is 24.1 Å². The summed E-state index contributed by atoms with van der Waals surface area (Å²) < 4.78 is 18.0. The van der Waals surface area contributed by atoms with Crippen molar-refractivity contribution in [2.24, 2.45) is 5.92 Å². The molecule has 2 aliphatic rings. The van der Waals surface area contributed by atoms with E-state index >= 15 is 0 Å². The summed E-state index contributed by atoms with van der Waals surface area (Å²) in [6.07, 6.45) is 6.59. The van der Waals surface area contributed by atoms with Crippen LogP contribution in [-0.2, 0) is 22.6 Å². The molecule has 1 aliphatic heterocycles. The lowest BCUT2D eigenvalue weighted by Gasteiger charge is -2.47. The zero-order valence-corrected chi connectivity index (χ0v) is 18.8. The molecule has 4 rings (SSSR count). The lowest BCUT2D eigenvalue weighted by molar-refractivity contribution is -0.166. The first-order valence-corrected chi connectivity index (χ1v) is 11.2. The lowest BCUT2D eigenvalue weighted by atomic mass is 9.72. The predicted molar refractivity (Wildman–Crippen MR) is 119 cm³/mol. The van der Waals surface area contributed by atoms with Gasteiger partial charge in [-0.3, -0.25) is 4.79 Å². The van der Waals surface area contributed by atoms with Crippen LogP contribution < -0.4 is 10.2 Å². The molecule has 0 amide bonds. The Kier molecular flexibility index (Phi) is 6.03. The van der Waals surface area contributed by atoms with E-state index in [4.69, 9.17) is 13.9 Å². The molecule has 0 bridgehead atoms. The Balaban J connectivity index is 1.83. The molecule has 32 heavy (non-hydrogen) atoms. The second-order valence-electron chi connectivity index (χ2n) is 9.00. The number of hydrogen-bond acceptors (Lipinski definition) is 7. The summed E-state index contributed by atoms with van der Waals surface area (Å²) in [7, 11) is 0. The number of allylic oxidation sites excluding steroid dienone is 1. The molecule has 1 saturated carbocycles. The average Bonchev–Trinajstić information content (AvgIpc) is 2.79. The number of hydrogen-bond donors (Lipinski definition) is 2. The van der Waals surface area contributed by atoms with E-state index in [0.29, 0.717) is 16.9 Å². The summed E-state index contributed by atoms with van der Waals surface area (Å²) in [5.41, 5.74) is -0.155. The van der Waals surface area contributed by atoms with Gasteiger partial charge in [0.15, 0.2) is 5.43 Å². The molecular weight excluding hydrogens is 412 g/mol. The molecule has 1 aliphatic carbocycles. The van der Waals surface area contributed by atoms with E-state index in [9.17, 15) is 19.8 Å². The number of carbonyl (C=O) groups excluding carboxylic acids is 1. The van der Waals surface area contributed by atoms with E-state index in [2.05, 4.69) is 0 Å². The number of aliphatic hydroxyl groups excluding tert-OH is 1. The van der Waals surface area contributed by atoms with Gasteiger partial charge in [-0.2, -0.15) is 0 Å². The minimum absolute atomic E-state index is 0.0283. The highest BCUT2D eigenvalue weighted by Crippen LogP contribution is 2.48. The normalized spacial score (nSPS) is 24.1. The molecule has 0 unspecified atom stereocenters. The SMILES string of the molecule is C/C=C(/C)C(=O)O[C@@H]1Cc2c(cc3oc(CO)cc(=O)c3c2O)O[C@@]1(C)C1CCCCC1. The van der Waals surface area contributed by atoms with E-state index in [1.165, 1.54) is 6.42 Å². The van der Waals surface area contributed by atoms with Crippen LogP contribution in [0, 0.1) is 5.92 Å². The third-order valence-corrected chi connectivity index (χ3v) is 7.04. The van der Waals surface area contributed by atoms with Crippen molar-refractivity contribution in [2.45, 2.75) is 77.6 Å². The topological polar surface area (TPSA) is 106 Å². The molecule has 7 heteroatoms. The number of ether oxygens (including phenoxy) is 2. The van der Waals surface area contributed by atoms with Crippen molar-refractivity contribution < 1.29 is 28.9 Å². The molecule has 2 N–H and O–H groups in total. The molecule has 1 aromatic carbocycles. The molecule has 2 heterocycles. The van der Waals surface area contributed by atoms with Crippen molar-refractivity contribution in [3.63, 3.8) is 0 Å². The summed E-state index contributed by atoms with van der Waals surface area (Å²) in [5.74, 6) is 0.0589. The summed E-state index contributed by atoms with van der Waals surface area (Å²) in [6, 6.07) is 2.76. The largest absolute Gasteiger partial charge is 0.507 e. The monoisotopic (exact) mass is 442 g/mol. The third-order valence-electron chi connectivity index (χ3n) is 7.04. The number of fused-ring (bicyclic) bond motifs is 2. The number of rotatable bonds is 4. The van der Waals surface area contributed by atoms with Gasteiger partial charge in [-0.25, -0.2) is 4.79 Å². The highest BCUT2D eigenvalue weighted by Gasteiger charge is 2.50. The first kappa shape index (κ1) is 22.4. The Bertz CT molecular complexity index is 1120. The van der Waals surface area contributed by atoms with Crippen LogP contribution in [0.1, 0.15) is 64.2 Å². The number of esters is 1. The predicted octanol–water partition coefficient (Wildman–Crippen LogP) is 4.14. The number of aliphatic hydroxyl groups is 1. The Labute approximate surface area is 186 Å². The van der Waals surface area contributed by atoms with Crippen LogP contribution in [0.25, 0.3) is 11.0 Å². The second-order valence-corrected chi connectivity index (χ2v) is 9.00. The van der Waals surface area contributed by atoms with E-state index in [-0.39, 0.29) is 34.8 Å². The van der Waals surface area contributed by atoms with Gasteiger partial charge in [0.1, 0.15) is 46.5 Å². The third kappa shape index (κ3) is 3.79. The number of phenols is 1. The van der Waals surface area contributed by atoms with Crippen LogP contribution >= 0.6 is 0 Å². The summed E-state index contributed by atoms with van der Waals surface area (Å²) in [6.45, 7) is 5.02. The van der Waals surface area contributed by atoms with Gasteiger partial charge in [-0.1, -0.05) is 25.3 Å². The molecule has 0 spiro atoms. The van der Waals surface area contributed by atoms with Gasteiger partial charge >= 0.3 is 5.97 Å². The maximum Gasteiger partial charge on any atom is 0.333 e. The van der Waals surface area contributed by atoms with Gasteiger partial charge in [0.05, 0.1) is 0 Å². The van der Waals surface area contributed by atoms with Crippen molar-refractivity contribution in [2.75, 3.05) is 0 Å². The Morgan fingerprint density at radius 2 is 2.00 bits per heavy atom. The molecule has 1 aromatic heterocycles. The second kappa shape index (κ2) is 8.62. The highest BCUT2D eigenvalue weighted by atomic mass is 16.6. The molecule has 0 radical (unpaired) electrons. The van der Waals surface area contributed by atoms with E-state index in [1.807, 2.05) is 6.92 Å². The van der Waals surface area contributed by atoms with Crippen molar-refractivity contribution in [1.82, 2.24) is 0 Å². The van der Waals surface area contributed by atoms with Crippen molar-refractivity contribution >= 4 is 16.9 Å². The standard InChI is InChI=1S/C25H30O7/c1-4-14(2)24(29)31-21-11-17-19(32-25(21,3)15-8-6-5-7-9-15)12-20-22(23(17)28)18(27)10-16(13-26)30-20/h4,10,12,15,21,26,28H,5-9,11,13H2,1-3H3/b14-4-/t21-,25+/m1/s1. The van der Waals surface area contributed by atoms with Crippen molar-refractivity contribution in [3.8, 4) is 11.5 Å². The maximum atomic E-state index is 12.6. The first-order chi connectivity index (χ1) is 15.3. The van der Waals surface area contributed by atoms with Gasteiger partial charge in [-0.05, 0) is 33.6 Å². The summed E-state index contributed by atoms with van der Waals surface area (Å²) in [5, 5.41) is 20.4. The maximum absolute atomic E-state index is 12.6. The van der Waals surface area contributed by atoms with Crippen molar-refractivity contribution in [1.29, 1.82) is 0 Å². The van der Waals surface area contributed by atoms with Crippen molar-refractivity contribution in [3.05, 3.63) is 45.3 Å². The molecular formula is C25H30O7. The Hall–Kier alpha value is -2.80.